The highest BCUT2D eigenvalue weighted by Gasteiger charge is 2.11. The molecule has 0 bridgehead atoms. The minimum Gasteiger partial charge on any atom is -0.467 e. The lowest BCUT2D eigenvalue weighted by molar-refractivity contribution is -0.128. The van der Waals surface area contributed by atoms with Crippen LogP contribution in [0.5, 0.6) is 0 Å². The summed E-state index contributed by atoms with van der Waals surface area (Å²) in [5.74, 6) is 0.689. The summed E-state index contributed by atoms with van der Waals surface area (Å²) in [6, 6.07) is 9.03. The lowest BCUT2D eigenvalue weighted by Crippen LogP contribution is -2.31. The fourth-order valence-electron chi connectivity index (χ4n) is 2.17. The third-order valence-electron chi connectivity index (χ3n) is 3.46. The Kier molecular flexibility index (Phi) is 4.81. The highest BCUT2D eigenvalue weighted by atomic mass is 35.5. The number of carbonyl (C=O) groups excluding carboxylic acids is 1. The lowest BCUT2D eigenvalue weighted by Gasteiger charge is -2.16. The summed E-state index contributed by atoms with van der Waals surface area (Å²) in [5.41, 5.74) is 1.48. The van der Waals surface area contributed by atoms with E-state index in [1.165, 1.54) is 6.33 Å². The zero-order valence-electron chi connectivity index (χ0n) is 13.0. The fraction of sp³-hybridized carbons (Fsp3) is 0.188. The Bertz CT molecular complexity index is 802. The second-order valence-electron chi connectivity index (χ2n) is 5.19. The summed E-state index contributed by atoms with van der Waals surface area (Å²) < 4.78 is 6.81. The molecule has 0 aliphatic carbocycles. The molecule has 3 rings (SSSR count). The van der Waals surface area contributed by atoms with Crippen LogP contribution in [0, 0.1) is 0 Å². The SMILES string of the molecule is CN(Cc1ccco1)C(=O)CNc1ccc(-n2cncn2)c(Cl)c1. The average Bonchev–Trinajstić information content (AvgIpc) is 3.26. The lowest BCUT2D eigenvalue weighted by atomic mass is 10.2. The molecule has 7 nitrogen and oxygen atoms in total. The first-order chi connectivity index (χ1) is 11.6. The summed E-state index contributed by atoms with van der Waals surface area (Å²) in [5, 5.41) is 7.62. The number of nitrogens with one attached hydrogen (secondary N) is 1. The van der Waals surface area contributed by atoms with Crippen LogP contribution in [0.2, 0.25) is 5.02 Å². The van der Waals surface area contributed by atoms with Crippen molar-refractivity contribution in [2.75, 3.05) is 18.9 Å². The number of anilines is 1. The molecule has 0 saturated carbocycles. The van der Waals surface area contributed by atoms with Gasteiger partial charge in [-0.2, -0.15) is 5.10 Å². The number of furan rings is 1. The smallest absolute Gasteiger partial charge is 0.242 e. The van der Waals surface area contributed by atoms with Crippen LogP contribution in [0.3, 0.4) is 0 Å². The van der Waals surface area contributed by atoms with Crippen molar-refractivity contribution in [1.29, 1.82) is 0 Å². The van der Waals surface area contributed by atoms with Crippen LogP contribution in [0.25, 0.3) is 5.69 Å². The van der Waals surface area contributed by atoms with Gasteiger partial charge in [0.15, 0.2) is 0 Å². The van der Waals surface area contributed by atoms with Gasteiger partial charge >= 0.3 is 0 Å². The van der Waals surface area contributed by atoms with Gasteiger partial charge in [0.2, 0.25) is 5.91 Å². The van der Waals surface area contributed by atoms with E-state index in [2.05, 4.69) is 15.4 Å². The van der Waals surface area contributed by atoms with Crippen molar-refractivity contribution in [3.63, 3.8) is 0 Å². The van der Waals surface area contributed by atoms with E-state index in [9.17, 15) is 4.79 Å². The molecule has 1 N–H and O–H groups in total. The first kappa shape index (κ1) is 16.1. The molecule has 0 saturated heterocycles. The Morgan fingerprint density at radius 3 is 2.96 bits per heavy atom. The molecule has 0 atom stereocenters. The maximum absolute atomic E-state index is 12.1. The van der Waals surface area contributed by atoms with Gasteiger partial charge in [-0.1, -0.05) is 11.6 Å². The van der Waals surface area contributed by atoms with E-state index < -0.39 is 0 Å². The number of nitrogens with zero attached hydrogens (tertiary/aromatic N) is 4. The Labute approximate surface area is 143 Å². The van der Waals surface area contributed by atoms with Gasteiger partial charge in [-0.15, -0.1) is 0 Å². The maximum Gasteiger partial charge on any atom is 0.242 e. The van der Waals surface area contributed by atoms with Gasteiger partial charge in [-0.05, 0) is 30.3 Å². The van der Waals surface area contributed by atoms with Crippen LogP contribution in [0.15, 0.2) is 53.7 Å². The number of hydrogen-bond donors (Lipinski definition) is 1. The number of amides is 1. The van der Waals surface area contributed by atoms with E-state index in [-0.39, 0.29) is 12.5 Å². The van der Waals surface area contributed by atoms with Gasteiger partial charge in [0.1, 0.15) is 18.4 Å². The first-order valence-electron chi connectivity index (χ1n) is 7.28. The zero-order chi connectivity index (χ0) is 16.9. The zero-order valence-corrected chi connectivity index (χ0v) is 13.8. The molecule has 0 aliphatic heterocycles. The van der Waals surface area contributed by atoms with Crippen molar-refractivity contribution < 1.29 is 9.21 Å². The molecule has 3 aromatic rings. The van der Waals surface area contributed by atoms with E-state index in [0.29, 0.717) is 11.6 Å². The summed E-state index contributed by atoms with van der Waals surface area (Å²) in [7, 11) is 1.73. The van der Waals surface area contributed by atoms with Crippen LogP contribution in [0.4, 0.5) is 5.69 Å². The van der Waals surface area contributed by atoms with Gasteiger partial charge in [-0.25, -0.2) is 9.67 Å². The molecule has 0 aliphatic rings. The summed E-state index contributed by atoms with van der Waals surface area (Å²) >= 11 is 6.26. The highest BCUT2D eigenvalue weighted by Crippen LogP contribution is 2.23. The molecule has 2 aromatic heterocycles. The van der Waals surface area contributed by atoms with E-state index >= 15 is 0 Å². The normalized spacial score (nSPS) is 10.6. The third-order valence-corrected chi connectivity index (χ3v) is 3.76. The van der Waals surface area contributed by atoms with Crippen molar-refractivity contribution in [1.82, 2.24) is 19.7 Å². The molecule has 0 radical (unpaired) electrons. The number of benzene rings is 1. The summed E-state index contributed by atoms with van der Waals surface area (Å²) in [4.78, 5) is 17.6. The van der Waals surface area contributed by atoms with Crippen LogP contribution in [-0.2, 0) is 11.3 Å². The molecule has 1 aromatic carbocycles. The second kappa shape index (κ2) is 7.18. The molecule has 24 heavy (non-hydrogen) atoms. The van der Waals surface area contributed by atoms with Gasteiger partial charge in [0, 0.05) is 12.7 Å². The molecular formula is C16H16ClN5O2. The Balaban J connectivity index is 1.58. The topological polar surface area (TPSA) is 76.2 Å². The molecule has 1 amide bonds. The Morgan fingerprint density at radius 1 is 1.42 bits per heavy atom. The minimum absolute atomic E-state index is 0.0529. The van der Waals surface area contributed by atoms with E-state index in [0.717, 1.165) is 17.1 Å². The Hall–Kier alpha value is -2.80. The maximum atomic E-state index is 12.1. The predicted molar refractivity (Wildman–Crippen MR) is 90.0 cm³/mol. The van der Waals surface area contributed by atoms with Crippen LogP contribution in [0.1, 0.15) is 5.76 Å². The number of halogens is 1. The molecule has 2 heterocycles. The van der Waals surface area contributed by atoms with Crippen molar-refractivity contribution >= 4 is 23.2 Å². The van der Waals surface area contributed by atoms with Crippen LogP contribution < -0.4 is 5.32 Å². The summed E-state index contributed by atoms with van der Waals surface area (Å²) in [6.45, 7) is 0.593. The monoisotopic (exact) mass is 345 g/mol. The van der Waals surface area contributed by atoms with Gasteiger partial charge in [0.25, 0.3) is 0 Å². The van der Waals surface area contributed by atoms with Crippen molar-refractivity contribution in [3.05, 3.63) is 60.0 Å². The first-order valence-corrected chi connectivity index (χ1v) is 7.66. The largest absolute Gasteiger partial charge is 0.467 e. The van der Waals surface area contributed by atoms with Gasteiger partial charge < -0.3 is 14.6 Å². The minimum atomic E-state index is -0.0529. The number of carbonyl (C=O) groups is 1. The van der Waals surface area contributed by atoms with Gasteiger partial charge in [-0.3, -0.25) is 4.79 Å². The van der Waals surface area contributed by atoms with E-state index in [4.69, 9.17) is 16.0 Å². The molecule has 124 valence electrons. The molecule has 0 unspecified atom stereocenters. The standard InChI is InChI=1S/C16H16ClN5O2/c1-21(9-13-3-2-6-24-13)16(23)8-19-12-4-5-15(14(17)7-12)22-11-18-10-20-22/h2-7,10-11,19H,8-9H2,1H3. The summed E-state index contributed by atoms with van der Waals surface area (Å²) in [6.07, 6.45) is 4.60. The number of aromatic nitrogens is 3. The van der Waals surface area contributed by atoms with Crippen LogP contribution >= 0.6 is 11.6 Å². The second-order valence-corrected chi connectivity index (χ2v) is 5.60. The van der Waals surface area contributed by atoms with Crippen molar-refractivity contribution in [2.24, 2.45) is 0 Å². The van der Waals surface area contributed by atoms with Crippen LogP contribution in [-0.4, -0.2) is 39.2 Å². The van der Waals surface area contributed by atoms with E-state index in [1.54, 1.807) is 41.4 Å². The molecule has 8 heteroatoms. The Morgan fingerprint density at radius 2 is 2.29 bits per heavy atom. The highest BCUT2D eigenvalue weighted by molar-refractivity contribution is 6.32. The molecule has 0 spiro atoms. The molecular weight excluding hydrogens is 330 g/mol. The number of rotatable bonds is 6. The number of likely N-dealkylation sites (N-methyl/N-ethyl adjacent to an activating group) is 1. The van der Waals surface area contributed by atoms with Crippen molar-refractivity contribution in [2.45, 2.75) is 6.54 Å². The predicted octanol–water partition coefficient (Wildman–Crippen LogP) is 2.58. The van der Waals surface area contributed by atoms with E-state index in [1.807, 2.05) is 18.2 Å². The van der Waals surface area contributed by atoms with Gasteiger partial charge in [0.05, 0.1) is 30.1 Å². The third kappa shape index (κ3) is 3.75. The average molecular weight is 346 g/mol. The quantitative estimate of drug-likeness (QED) is 0.743. The molecule has 0 fully saturated rings. The van der Waals surface area contributed by atoms with Crippen molar-refractivity contribution in [3.8, 4) is 5.69 Å². The number of hydrogen-bond acceptors (Lipinski definition) is 5. The fourth-order valence-corrected chi connectivity index (χ4v) is 2.44.